The number of hydrogen-bond donors (Lipinski definition) is 0. The molecule has 1 aromatic carbocycles. The van der Waals surface area contributed by atoms with Crippen LogP contribution in [0.5, 0.6) is 5.75 Å². The third-order valence-electron chi connectivity index (χ3n) is 2.91. The van der Waals surface area contributed by atoms with Crippen LogP contribution in [-0.2, 0) is 0 Å². The van der Waals surface area contributed by atoms with E-state index in [1.54, 1.807) is 17.0 Å². The first-order valence-corrected chi connectivity index (χ1v) is 7.16. The Labute approximate surface area is 118 Å². The van der Waals surface area contributed by atoms with Crippen molar-refractivity contribution in [1.82, 2.24) is 4.90 Å². The molecular weight excluding hydrogens is 320 g/mol. The molecule has 0 saturated heterocycles. The molecule has 0 heterocycles. The molecular formula is C13H14BrF2NO2. The van der Waals surface area contributed by atoms with Gasteiger partial charge in [0, 0.05) is 17.9 Å². The van der Waals surface area contributed by atoms with Gasteiger partial charge in [-0.05, 0) is 25.0 Å². The summed E-state index contributed by atoms with van der Waals surface area (Å²) >= 11 is 3.30. The number of hydrogen-bond acceptors (Lipinski definition) is 2. The molecule has 1 fully saturated rings. The molecule has 0 aromatic heterocycles. The number of halogens is 3. The summed E-state index contributed by atoms with van der Waals surface area (Å²) in [6.45, 7) is -2.37. The Kier molecular flexibility index (Phi) is 4.74. The molecule has 1 aliphatic rings. The van der Waals surface area contributed by atoms with E-state index in [1.807, 2.05) is 0 Å². The summed E-state index contributed by atoms with van der Waals surface area (Å²) in [4.78, 5) is 14.1. The second-order valence-electron chi connectivity index (χ2n) is 4.29. The number of rotatable bonds is 6. The van der Waals surface area contributed by atoms with Gasteiger partial charge in [0.15, 0.2) is 0 Å². The molecule has 3 nitrogen and oxygen atoms in total. The smallest absolute Gasteiger partial charge is 0.387 e. The molecule has 2 rings (SSSR count). The highest BCUT2D eigenvalue weighted by Crippen LogP contribution is 2.30. The fourth-order valence-corrected chi connectivity index (χ4v) is 2.31. The molecule has 1 amide bonds. The molecule has 1 saturated carbocycles. The minimum Gasteiger partial charge on any atom is -0.434 e. The van der Waals surface area contributed by atoms with E-state index in [9.17, 15) is 13.6 Å². The average Bonchev–Trinajstić information content (AvgIpc) is 3.19. The highest BCUT2D eigenvalue weighted by Gasteiger charge is 2.33. The Morgan fingerprint density at radius 1 is 1.42 bits per heavy atom. The predicted octanol–water partition coefficient (Wildman–Crippen LogP) is 3.29. The molecule has 1 aliphatic carbocycles. The van der Waals surface area contributed by atoms with Crippen LogP contribution < -0.4 is 4.74 Å². The van der Waals surface area contributed by atoms with Crippen LogP contribution in [0.3, 0.4) is 0 Å². The lowest BCUT2D eigenvalue weighted by Crippen LogP contribution is -2.35. The summed E-state index contributed by atoms with van der Waals surface area (Å²) in [6, 6.07) is 6.35. The normalized spacial score (nSPS) is 14.5. The summed E-state index contributed by atoms with van der Waals surface area (Å²) < 4.78 is 29.1. The number of nitrogens with zero attached hydrogens (tertiary/aromatic N) is 1. The lowest BCUT2D eigenvalue weighted by atomic mass is 10.1. The number of carbonyl (C=O) groups is 1. The Morgan fingerprint density at radius 2 is 2.11 bits per heavy atom. The van der Waals surface area contributed by atoms with Gasteiger partial charge >= 0.3 is 6.61 Å². The van der Waals surface area contributed by atoms with E-state index < -0.39 is 6.61 Å². The van der Waals surface area contributed by atoms with Crippen molar-refractivity contribution in [3.05, 3.63) is 29.8 Å². The van der Waals surface area contributed by atoms with Crippen LogP contribution >= 0.6 is 15.9 Å². The van der Waals surface area contributed by atoms with Gasteiger partial charge in [-0.1, -0.05) is 28.1 Å². The number of benzene rings is 1. The Balaban J connectivity index is 2.21. The molecule has 0 aliphatic heterocycles. The quantitative estimate of drug-likeness (QED) is 0.747. The first-order valence-electron chi connectivity index (χ1n) is 6.04. The molecule has 0 spiro atoms. The van der Waals surface area contributed by atoms with E-state index in [1.165, 1.54) is 12.1 Å². The van der Waals surface area contributed by atoms with Crippen molar-refractivity contribution in [2.24, 2.45) is 0 Å². The number of para-hydroxylation sites is 1. The highest BCUT2D eigenvalue weighted by molar-refractivity contribution is 9.09. The van der Waals surface area contributed by atoms with Gasteiger partial charge in [0.05, 0.1) is 5.56 Å². The van der Waals surface area contributed by atoms with Gasteiger partial charge in [-0.15, -0.1) is 0 Å². The standard InChI is InChI=1S/C13H14BrF2NO2/c14-7-8-17(9-5-6-9)12(18)10-3-1-2-4-11(10)19-13(15)16/h1-4,9,13H,5-8H2. The van der Waals surface area contributed by atoms with Gasteiger partial charge in [0.2, 0.25) is 0 Å². The molecule has 1 aromatic rings. The lowest BCUT2D eigenvalue weighted by Gasteiger charge is -2.22. The van der Waals surface area contributed by atoms with Crippen molar-refractivity contribution in [2.45, 2.75) is 25.5 Å². The average molecular weight is 334 g/mol. The first kappa shape index (κ1) is 14.2. The zero-order valence-electron chi connectivity index (χ0n) is 10.2. The fraction of sp³-hybridized carbons (Fsp3) is 0.462. The number of carbonyl (C=O) groups excluding carboxylic acids is 1. The molecule has 19 heavy (non-hydrogen) atoms. The van der Waals surface area contributed by atoms with Crippen molar-refractivity contribution >= 4 is 21.8 Å². The van der Waals surface area contributed by atoms with Gasteiger partial charge in [-0.3, -0.25) is 4.79 Å². The summed E-state index contributed by atoms with van der Waals surface area (Å²) in [5.74, 6) is -0.319. The second-order valence-corrected chi connectivity index (χ2v) is 5.09. The van der Waals surface area contributed by atoms with Crippen molar-refractivity contribution in [1.29, 1.82) is 0 Å². The lowest BCUT2D eigenvalue weighted by molar-refractivity contribution is -0.0502. The minimum absolute atomic E-state index is 0.0669. The molecule has 6 heteroatoms. The van der Waals surface area contributed by atoms with E-state index >= 15 is 0 Å². The van der Waals surface area contributed by atoms with Gasteiger partial charge in [-0.25, -0.2) is 0 Å². The van der Waals surface area contributed by atoms with E-state index in [-0.39, 0.29) is 23.3 Å². The summed E-state index contributed by atoms with van der Waals surface area (Å²) in [5, 5.41) is 0.660. The largest absolute Gasteiger partial charge is 0.434 e. The van der Waals surface area contributed by atoms with Crippen LogP contribution in [0.2, 0.25) is 0 Å². The van der Waals surface area contributed by atoms with E-state index in [0.717, 1.165) is 12.8 Å². The number of alkyl halides is 3. The van der Waals surface area contributed by atoms with Crippen molar-refractivity contribution < 1.29 is 18.3 Å². The summed E-state index contributed by atoms with van der Waals surface area (Å²) in [7, 11) is 0. The molecule has 104 valence electrons. The molecule has 0 unspecified atom stereocenters. The zero-order valence-corrected chi connectivity index (χ0v) is 11.8. The van der Waals surface area contributed by atoms with Crippen molar-refractivity contribution in [3.8, 4) is 5.75 Å². The van der Waals surface area contributed by atoms with Crippen molar-refractivity contribution in [3.63, 3.8) is 0 Å². The molecule has 0 N–H and O–H groups in total. The van der Waals surface area contributed by atoms with Gasteiger partial charge in [0.1, 0.15) is 5.75 Å². The van der Waals surface area contributed by atoms with Crippen LogP contribution in [0, 0.1) is 0 Å². The zero-order chi connectivity index (χ0) is 13.8. The van der Waals surface area contributed by atoms with Crippen LogP contribution in [0.1, 0.15) is 23.2 Å². The molecule has 0 atom stereocenters. The molecule has 0 radical (unpaired) electrons. The van der Waals surface area contributed by atoms with Gasteiger partial charge in [0.25, 0.3) is 5.91 Å². The third kappa shape index (κ3) is 3.65. The first-order chi connectivity index (χ1) is 9.13. The fourth-order valence-electron chi connectivity index (χ4n) is 1.92. The maximum atomic E-state index is 12.4. The monoisotopic (exact) mass is 333 g/mol. The maximum absolute atomic E-state index is 12.4. The number of ether oxygens (including phenoxy) is 1. The van der Waals surface area contributed by atoms with E-state index in [0.29, 0.717) is 11.9 Å². The Hall–Kier alpha value is -1.17. The Morgan fingerprint density at radius 3 is 2.68 bits per heavy atom. The van der Waals surface area contributed by atoms with Crippen LogP contribution in [0.15, 0.2) is 24.3 Å². The highest BCUT2D eigenvalue weighted by atomic mass is 79.9. The van der Waals surface area contributed by atoms with E-state index in [4.69, 9.17) is 0 Å². The van der Waals surface area contributed by atoms with Crippen LogP contribution in [0.25, 0.3) is 0 Å². The predicted molar refractivity (Wildman–Crippen MR) is 70.9 cm³/mol. The topological polar surface area (TPSA) is 29.5 Å². The minimum atomic E-state index is -2.93. The maximum Gasteiger partial charge on any atom is 0.387 e. The second kappa shape index (κ2) is 6.32. The van der Waals surface area contributed by atoms with E-state index in [2.05, 4.69) is 20.7 Å². The van der Waals surface area contributed by atoms with Crippen molar-refractivity contribution in [2.75, 3.05) is 11.9 Å². The number of amides is 1. The Bertz CT molecular complexity index is 452. The summed E-state index contributed by atoms with van der Waals surface area (Å²) in [5.41, 5.74) is 0.190. The summed E-state index contributed by atoms with van der Waals surface area (Å²) in [6.07, 6.45) is 1.94. The van der Waals surface area contributed by atoms with Crippen LogP contribution in [0.4, 0.5) is 8.78 Å². The van der Waals surface area contributed by atoms with Gasteiger partial charge in [-0.2, -0.15) is 8.78 Å². The van der Waals surface area contributed by atoms with Crippen LogP contribution in [-0.4, -0.2) is 35.3 Å². The van der Waals surface area contributed by atoms with Gasteiger partial charge < -0.3 is 9.64 Å². The SMILES string of the molecule is O=C(c1ccccc1OC(F)F)N(CCBr)C1CC1. The third-order valence-corrected chi connectivity index (χ3v) is 3.26. The molecule has 0 bridgehead atoms.